The summed E-state index contributed by atoms with van der Waals surface area (Å²) in [6.07, 6.45) is 16.3. The topological polar surface area (TPSA) is 35.2 Å². The SMILES string of the molecule is CCCCCCCCCCCCC(N)C(CC)OCC. The van der Waals surface area contributed by atoms with E-state index in [0.717, 1.165) is 19.4 Å². The molecule has 2 nitrogen and oxygen atoms in total. The molecule has 0 aromatic heterocycles. The van der Waals surface area contributed by atoms with Crippen molar-refractivity contribution in [1.29, 1.82) is 0 Å². The first-order valence-corrected chi connectivity index (χ1v) is 9.13. The molecule has 2 N–H and O–H groups in total. The van der Waals surface area contributed by atoms with E-state index in [1.807, 2.05) is 0 Å². The molecule has 122 valence electrons. The summed E-state index contributed by atoms with van der Waals surface area (Å²) in [6, 6.07) is 0.231. The quantitative estimate of drug-likeness (QED) is 0.407. The van der Waals surface area contributed by atoms with Gasteiger partial charge in [-0.15, -0.1) is 0 Å². The Labute approximate surface area is 127 Å². The molecule has 0 saturated carbocycles. The number of nitrogens with two attached hydrogens (primary N) is 1. The average Bonchev–Trinajstić information content (AvgIpc) is 2.46. The van der Waals surface area contributed by atoms with Crippen molar-refractivity contribution in [2.45, 2.75) is 110 Å². The summed E-state index contributed by atoms with van der Waals surface area (Å²) in [4.78, 5) is 0. The maximum absolute atomic E-state index is 6.20. The Kier molecular flexibility index (Phi) is 15.3. The smallest absolute Gasteiger partial charge is 0.0723 e. The van der Waals surface area contributed by atoms with E-state index in [1.54, 1.807) is 0 Å². The Morgan fingerprint density at radius 2 is 1.25 bits per heavy atom. The number of ether oxygens (including phenoxy) is 1. The van der Waals surface area contributed by atoms with Crippen molar-refractivity contribution >= 4 is 0 Å². The molecule has 0 aliphatic rings. The monoisotopic (exact) mass is 285 g/mol. The van der Waals surface area contributed by atoms with Crippen molar-refractivity contribution in [2.24, 2.45) is 5.73 Å². The molecule has 2 unspecified atom stereocenters. The second-order valence-electron chi connectivity index (χ2n) is 6.04. The van der Waals surface area contributed by atoms with Gasteiger partial charge in [0.1, 0.15) is 0 Å². The third kappa shape index (κ3) is 11.7. The van der Waals surface area contributed by atoms with Crippen LogP contribution in [-0.4, -0.2) is 18.8 Å². The molecule has 0 heterocycles. The van der Waals surface area contributed by atoms with Gasteiger partial charge < -0.3 is 10.5 Å². The molecule has 2 atom stereocenters. The third-order valence-electron chi connectivity index (χ3n) is 4.15. The summed E-state index contributed by atoms with van der Waals surface area (Å²) in [7, 11) is 0. The summed E-state index contributed by atoms with van der Waals surface area (Å²) >= 11 is 0. The lowest BCUT2D eigenvalue weighted by molar-refractivity contribution is 0.0391. The first-order chi connectivity index (χ1) is 9.76. The molecule has 0 fully saturated rings. The van der Waals surface area contributed by atoms with Crippen LogP contribution in [0.2, 0.25) is 0 Å². The molecule has 0 spiro atoms. The van der Waals surface area contributed by atoms with E-state index in [9.17, 15) is 0 Å². The van der Waals surface area contributed by atoms with Crippen LogP contribution < -0.4 is 5.73 Å². The molecular formula is C18H39NO. The lowest BCUT2D eigenvalue weighted by Crippen LogP contribution is -2.36. The fourth-order valence-corrected chi connectivity index (χ4v) is 2.81. The Morgan fingerprint density at radius 3 is 1.70 bits per heavy atom. The van der Waals surface area contributed by atoms with Crippen LogP contribution >= 0.6 is 0 Å². The lowest BCUT2D eigenvalue weighted by Gasteiger charge is -2.22. The van der Waals surface area contributed by atoms with Gasteiger partial charge in [-0.05, 0) is 19.8 Å². The fraction of sp³-hybridized carbons (Fsp3) is 1.00. The van der Waals surface area contributed by atoms with Crippen LogP contribution in [-0.2, 0) is 4.74 Å². The zero-order chi connectivity index (χ0) is 15.1. The molecule has 0 aliphatic heterocycles. The van der Waals surface area contributed by atoms with Gasteiger partial charge in [0.15, 0.2) is 0 Å². The van der Waals surface area contributed by atoms with Crippen LogP contribution in [0.5, 0.6) is 0 Å². The van der Waals surface area contributed by atoms with Crippen molar-refractivity contribution in [3.05, 3.63) is 0 Å². The summed E-state index contributed by atoms with van der Waals surface area (Å²) in [6.45, 7) is 7.28. The van der Waals surface area contributed by atoms with Gasteiger partial charge in [-0.25, -0.2) is 0 Å². The van der Waals surface area contributed by atoms with E-state index in [1.165, 1.54) is 64.2 Å². The van der Waals surface area contributed by atoms with Crippen molar-refractivity contribution in [2.75, 3.05) is 6.61 Å². The molecular weight excluding hydrogens is 246 g/mol. The highest BCUT2D eigenvalue weighted by molar-refractivity contribution is 4.72. The largest absolute Gasteiger partial charge is 0.377 e. The Morgan fingerprint density at radius 1 is 0.750 bits per heavy atom. The van der Waals surface area contributed by atoms with E-state index in [-0.39, 0.29) is 12.1 Å². The van der Waals surface area contributed by atoms with Gasteiger partial charge in [-0.1, -0.05) is 78.1 Å². The summed E-state index contributed by atoms with van der Waals surface area (Å²) in [5, 5.41) is 0. The van der Waals surface area contributed by atoms with Crippen LogP contribution in [0.3, 0.4) is 0 Å². The second-order valence-corrected chi connectivity index (χ2v) is 6.04. The molecule has 0 aromatic rings. The highest BCUT2D eigenvalue weighted by atomic mass is 16.5. The van der Waals surface area contributed by atoms with Crippen LogP contribution in [0.25, 0.3) is 0 Å². The van der Waals surface area contributed by atoms with Crippen LogP contribution in [0, 0.1) is 0 Å². The number of rotatable bonds is 15. The minimum atomic E-state index is 0.231. The molecule has 0 bridgehead atoms. The van der Waals surface area contributed by atoms with Gasteiger partial charge in [0, 0.05) is 12.6 Å². The van der Waals surface area contributed by atoms with E-state index < -0.39 is 0 Å². The predicted molar refractivity (Wildman–Crippen MR) is 90.1 cm³/mol. The minimum Gasteiger partial charge on any atom is -0.377 e. The Hall–Kier alpha value is -0.0800. The van der Waals surface area contributed by atoms with Gasteiger partial charge in [-0.3, -0.25) is 0 Å². The molecule has 2 heteroatoms. The molecule has 20 heavy (non-hydrogen) atoms. The highest BCUT2D eigenvalue weighted by Gasteiger charge is 2.15. The predicted octanol–water partition coefficient (Wildman–Crippen LogP) is 5.44. The van der Waals surface area contributed by atoms with Crippen LogP contribution in [0.1, 0.15) is 97.8 Å². The normalized spacial score (nSPS) is 14.4. The van der Waals surface area contributed by atoms with Gasteiger partial charge in [0.25, 0.3) is 0 Å². The second kappa shape index (κ2) is 15.3. The molecule has 0 aromatic carbocycles. The lowest BCUT2D eigenvalue weighted by atomic mass is 10.0. The maximum Gasteiger partial charge on any atom is 0.0723 e. The zero-order valence-electron chi connectivity index (χ0n) is 14.3. The number of unbranched alkanes of at least 4 members (excludes halogenated alkanes) is 9. The minimum absolute atomic E-state index is 0.231. The summed E-state index contributed by atoms with van der Waals surface area (Å²) in [5.41, 5.74) is 6.20. The zero-order valence-corrected chi connectivity index (χ0v) is 14.3. The van der Waals surface area contributed by atoms with Crippen molar-refractivity contribution in [3.63, 3.8) is 0 Å². The number of hydrogen-bond donors (Lipinski definition) is 1. The van der Waals surface area contributed by atoms with Crippen molar-refractivity contribution in [1.82, 2.24) is 0 Å². The first-order valence-electron chi connectivity index (χ1n) is 9.13. The molecule has 0 amide bonds. The van der Waals surface area contributed by atoms with Gasteiger partial charge in [0.05, 0.1) is 6.10 Å². The average molecular weight is 286 g/mol. The first kappa shape index (κ1) is 19.9. The Balaban J connectivity index is 3.30. The van der Waals surface area contributed by atoms with Gasteiger partial charge >= 0.3 is 0 Å². The van der Waals surface area contributed by atoms with Crippen LogP contribution in [0.15, 0.2) is 0 Å². The standard InChI is InChI=1S/C18H39NO/c1-4-7-8-9-10-11-12-13-14-15-16-17(19)18(5-2)20-6-3/h17-18H,4-16,19H2,1-3H3. The van der Waals surface area contributed by atoms with Gasteiger partial charge in [0.2, 0.25) is 0 Å². The van der Waals surface area contributed by atoms with Crippen molar-refractivity contribution in [3.8, 4) is 0 Å². The maximum atomic E-state index is 6.20. The van der Waals surface area contributed by atoms with Crippen molar-refractivity contribution < 1.29 is 4.74 Å². The third-order valence-corrected chi connectivity index (χ3v) is 4.15. The molecule has 0 radical (unpaired) electrons. The Bertz CT molecular complexity index is 184. The summed E-state index contributed by atoms with van der Waals surface area (Å²) < 4.78 is 5.67. The van der Waals surface area contributed by atoms with Crippen LogP contribution in [0.4, 0.5) is 0 Å². The fourth-order valence-electron chi connectivity index (χ4n) is 2.81. The molecule has 0 aliphatic carbocycles. The molecule has 0 saturated heterocycles. The number of hydrogen-bond acceptors (Lipinski definition) is 2. The van der Waals surface area contributed by atoms with E-state index in [2.05, 4.69) is 20.8 Å². The van der Waals surface area contributed by atoms with E-state index >= 15 is 0 Å². The molecule has 0 rings (SSSR count). The van der Waals surface area contributed by atoms with E-state index in [4.69, 9.17) is 10.5 Å². The summed E-state index contributed by atoms with van der Waals surface area (Å²) in [5.74, 6) is 0. The highest BCUT2D eigenvalue weighted by Crippen LogP contribution is 2.14. The van der Waals surface area contributed by atoms with Gasteiger partial charge in [-0.2, -0.15) is 0 Å². The van der Waals surface area contributed by atoms with E-state index in [0.29, 0.717) is 0 Å².